The maximum atomic E-state index is 12.6. The normalized spacial score (nSPS) is 12.5. The van der Waals surface area contributed by atoms with E-state index in [0.29, 0.717) is 35.5 Å². The second-order valence-corrected chi connectivity index (χ2v) is 7.57. The highest BCUT2D eigenvalue weighted by atomic mass is 16.5. The van der Waals surface area contributed by atoms with Crippen LogP contribution in [-0.4, -0.2) is 60.2 Å². The number of carbonyl (C=O) groups excluding carboxylic acids is 4. The Hall–Kier alpha value is -3.68. The van der Waals surface area contributed by atoms with E-state index in [0.717, 1.165) is 5.56 Å². The van der Waals surface area contributed by atoms with Gasteiger partial charge in [-0.3, -0.25) is 24.1 Å². The molecule has 2 aromatic rings. The number of nitrogens with zero attached hydrogens (tertiary/aromatic N) is 2. The van der Waals surface area contributed by atoms with Crippen LogP contribution in [0.25, 0.3) is 0 Å². The van der Waals surface area contributed by atoms with Crippen molar-refractivity contribution in [1.29, 1.82) is 0 Å². The highest BCUT2D eigenvalue weighted by molar-refractivity contribution is 6.21. The smallest absolute Gasteiger partial charge is 0.261 e. The van der Waals surface area contributed by atoms with Gasteiger partial charge in [0.1, 0.15) is 5.75 Å². The first-order valence-electron chi connectivity index (χ1n) is 10.5. The number of anilines is 1. The molecule has 8 heteroatoms. The number of para-hydroxylation sites is 2. The number of aryl methyl sites for hydroxylation is 1. The highest BCUT2D eigenvalue weighted by Crippen LogP contribution is 2.24. The number of hydrogen-bond donors (Lipinski definition) is 1. The highest BCUT2D eigenvalue weighted by Gasteiger charge is 2.35. The van der Waals surface area contributed by atoms with Gasteiger partial charge in [0.2, 0.25) is 11.8 Å². The number of rotatable bonds is 9. The van der Waals surface area contributed by atoms with Gasteiger partial charge in [0.15, 0.2) is 0 Å². The Labute approximate surface area is 187 Å². The van der Waals surface area contributed by atoms with Crippen molar-refractivity contribution in [2.45, 2.75) is 26.7 Å². The zero-order valence-corrected chi connectivity index (χ0v) is 18.5. The third kappa shape index (κ3) is 4.96. The predicted molar refractivity (Wildman–Crippen MR) is 120 cm³/mol. The zero-order chi connectivity index (χ0) is 23.3. The molecule has 0 unspecified atom stereocenters. The molecule has 168 valence electrons. The van der Waals surface area contributed by atoms with Crippen LogP contribution in [0.3, 0.4) is 0 Å². The van der Waals surface area contributed by atoms with Gasteiger partial charge in [0.05, 0.1) is 30.5 Å². The quantitative estimate of drug-likeness (QED) is 0.609. The molecule has 1 aliphatic heterocycles. The molecular formula is C24H27N3O5. The average Bonchev–Trinajstić information content (AvgIpc) is 3.01. The van der Waals surface area contributed by atoms with Crippen LogP contribution >= 0.6 is 0 Å². The van der Waals surface area contributed by atoms with Gasteiger partial charge in [-0.2, -0.15) is 0 Å². The molecular weight excluding hydrogens is 410 g/mol. The number of amides is 4. The van der Waals surface area contributed by atoms with Crippen molar-refractivity contribution in [3.05, 3.63) is 59.2 Å². The lowest BCUT2D eigenvalue weighted by Gasteiger charge is -2.21. The van der Waals surface area contributed by atoms with Crippen LogP contribution in [0.15, 0.2) is 42.5 Å². The summed E-state index contributed by atoms with van der Waals surface area (Å²) in [4.78, 5) is 52.7. The van der Waals surface area contributed by atoms with Gasteiger partial charge in [-0.05, 0) is 44.5 Å². The SMILES string of the molecule is CCN(CC(=O)Nc1ccccc1OC)C(=O)CCCN1C(=O)c2ccc(C)cc2C1=O. The van der Waals surface area contributed by atoms with Gasteiger partial charge in [-0.15, -0.1) is 0 Å². The van der Waals surface area contributed by atoms with E-state index in [-0.39, 0.29) is 43.1 Å². The molecule has 1 N–H and O–H groups in total. The summed E-state index contributed by atoms with van der Waals surface area (Å²) in [5.74, 6) is -0.674. The van der Waals surface area contributed by atoms with Gasteiger partial charge in [-0.25, -0.2) is 0 Å². The number of benzene rings is 2. The van der Waals surface area contributed by atoms with Crippen molar-refractivity contribution in [1.82, 2.24) is 9.80 Å². The number of methoxy groups -OCH3 is 1. The summed E-state index contributed by atoms with van der Waals surface area (Å²) in [5, 5.41) is 2.75. The molecule has 1 aliphatic rings. The van der Waals surface area contributed by atoms with Crippen molar-refractivity contribution in [2.75, 3.05) is 32.1 Å². The third-order valence-electron chi connectivity index (χ3n) is 5.35. The van der Waals surface area contributed by atoms with E-state index in [9.17, 15) is 19.2 Å². The molecule has 32 heavy (non-hydrogen) atoms. The lowest BCUT2D eigenvalue weighted by molar-refractivity contribution is -0.134. The molecule has 2 aromatic carbocycles. The monoisotopic (exact) mass is 437 g/mol. The molecule has 0 aliphatic carbocycles. The first-order valence-corrected chi connectivity index (χ1v) is 10.5. The Morgan fingerprint density at radius 1 is 1.06 bits per heavy atom. The predicted octanol–water partition coefficient (Wildman–Crippen LogP) is 2.87. The zero-order valence-electron chi connectivity index (χ0n) is 18.5. The fraction of sp³-hybridized carbons (Fsp3) is 0.333. The van der Waals surface area contributed by atoms with Crippen LogP contribution in [0.5, 0.6) is 5.75 Å². The number of imide groups is 1. The Bertz CT molecular complexity index is 1050. The van der Waals surface area contributed by atoms with Crippen LogP contribution in [-0.2, 0) is 9.59 Å². The van der Waals surface area contributed by atoms with E-state index in [1.54, 1.807) is 49.4 Å². The molecule has 0 saturated heterocycles. The summed E-state index contributed by atoms with van der Waals surface area (Å²) in [7, 11) is 1.52. The largest absolute Gasteiger partial charge is 0.495 e. The minimum atomic E-state index is -0.333. The molecule has 0 saturated carbocycles. The summed E-state index contributed by atoms with van der Waals surface area (Å²) in [6.07, 6.45) is 0.454. The number of fused-ring (bicyclic) bond motifs is 1. The standard InChI is InChI=1S/C24H27N3O5/c1-4-26(15-21(28)25-19-8-5-6-9-20(19)32-3)22(29)10-7-13-27-23(30)17-12-11-16(2)14-18(17)24(27)31/h5-6,8-9,11-12,14H,4,7,10,13,15H2,1-3H3,(H,25,28). The second kappa shape index (κ2) is 10.1. The van der Waals surface area contributed by atoms with Crippen molar-refractivity contribution < 1.29 is 23.9 Å². The van der Waals surface area contributed by atoms with Crippen LogP contribution in [0.4, 0.5) is 5.69 Å². The lowest BCUT2D eigenvalue weighted by atomic mass is 10.1. The Balaban J connectivity index is 1.52. The molecule has 0 radical (unpaired) electrons. The first kappa shape index (κ1) is 23.0. The summed E-state index contributed by atoms with van der Waals surface area (Å²) in [5.41, 5.74) is 2.25. The fourth-order valence-electron chi connectivity index (χ4n) is 3.64. The number of likely N-dealkylation sites (N-methyl/N-ethyl adjacent to an activating group) is 1. The second-order valence-electron chi connectivity index (χ2n) is 7.57. The van der Waals surface area contributed by atoms with Crippen molar-refractivity contribution >= 4 is 29.3 Å². The lowest BCUT2D eigenvalue weighted by Crippen LogP contribution is -2.38. The Kier molecular flexibility index (Phi) is 7.25. The number of nitrogens with one attached hydrogen (secondary N) is 1. The Morgan fingerprint density at radius 2 is 1.78 bits per heavy atom. The van der Waals surface area contributed by atoms with Gasteiger partial charge < -0.3 is 15.0 Å². The van der Waals surface area contributed by atoms with Gasteiger partial charge in [0, 0.05) is 19.5 Å². The molecule has 0 fully saturated rings. The summed E-state index contributed by atoms with van der Waals surface area (Å²) in [6.45, 7) is 4.08. The van der Waals surface area contributed by atoms with E-state index >= 15 is 0 Å². The third-order valence-corrected chi connectivity index (χ3v) is 5.35. The number of carbonyl (C=O) groups is 4. The van der Waals surface area contributed by atoms with Gasteiger partial charge >= 0.3 is 0 Å². The maximum Gasteiger partial charge on any atom is 0.261 e. The van der Waals surface area contributed by atoms with Gasteiger partial charge in [-0.1, -0.05) is 23.8 Å². The molecule has 3 rings (SSSR count). The van der Waals surface area contributed by atoms with Crippen molar-refractivity contribution in [2.24, 2.45) is 0 Å². The number of ether oxygens (including phenoxy) is 1. The minimum Gasteiger partial charge on any atom is -0.495 e. The number of hydrogen-bond acceptors (Lipinski definition) is 5. The first-order chi connectivity index (χ1) is 15.3. The average molecular weight is 437 g/mol. The van der Waals surface area contributed by atoms with Crippen LogP contribution < -0.4 is 10.1 Å². The van der Waals surface area contributed by atoms with Gasteiger partial charge in [0.25, 0.3) is 11.8 Å². The minimum absolute atomic E-state index is 0.0975. The van der Waals surface area contributed by atoms with Crippen LogP contribution in [0.2, 0.25) is 0 Å². The molecule has 4 amide bonds. The van der Waals surface area contributed by atoms with Crippen molar-refractivity contribution in [3.8, 4) is 5.75 Å². The summed E-state index contributed by atoms with van der Waals surface area (Å²) in [6, 6.07) is 12.2. The van der Waals surface area contributed by atoms with Crippen LogP contribution in [0, 0.1) is 6.92 Å². The van der Waals surface area contributed by atoms with E-state index in [1.807, 2.05) is 6.92 Å². The molecule has 0 bridgehead atoms. The topological polar surface area (TPSA) is 96.0 Å². The maximum absolute atomic E-state index is 12.6. The molecule has 0 spiro atoms. The Morgan fingerprint density at radius 3 is 2.50 bits per heavy atom. The summed E-state index contributed by atoms with van der Waals surface area (Å²) < 4.78 is 5.22. The van der Waals surface area contributed by atoms with E-state index in [4.69, 9.17) is 4.74 Å². The summed E-state index contributed by atoms with van der Waals surface area (Å²) >= 11 is 0. The molecule has 0 aromatic heterocycles. The van der Waals surface area contributed by atoms with E-state index < -0.39 is 0 Å². The fourth-order valence-corrected chi connectivity index (χ4v) is 3.64. The molecule has 8 nitrogen and oxygen atoms in total. The van der Waals surface area contributed by atoms with Crippen LogP contribution in [0.1, 0.15) is 46.0 Å². The molecule has 0 atom stereocenters. The molecule has 1 heterocycles. The van der Waals surface area contributed by atoms with Crippen molar-refractivity contribution in [3.63, 3.8) is 0 Å². The van der Waals surface area contributed by atoms with E-state index in [1.165, 1.54) is 16.9 Å². The van der Waals surface area contributed by atoms with E-state index in [2.05, 4.69) is 5.32 Å².